The van der Waals surface area contributed by atoms with Crippen LogP contribution in [0.25, 0.3) is 0 Å². The van der Waals surface area contributed by atoms with Crippen molar-refractivity contribution < 1.29 is 33.7 Å². The van der Waals surface area contributed by atoms with Crippen molar-refractivity contribution in [2.75, 3.05) is 7.11 Å². The van der Waals surface area contributed by atoms with Crippen LogP contribution in [0.1, 0.15) is 92.9 Å². The molecule has 44 heavy (non-hydrogen) atoms. The Labute approximate surface area is 264 Å². The fraction of sp³-hybridized carbons (Fsp3) is 0.583. The van der Waals surface area contributed by atoms with E-state index in [-0.39, 0.29) is 18.4 Å². The zero-order valence-electron chi connectivity index (χ0n) is 27.7. The number of rotatable bonds is 3. The number of hydrogen-bond donors (Lipinski definition) is 2. The Bertz CT molecular complexity index is 1170. The molecule has 2 bridgehead atoms. The number of hydrogen-bond acceptors (Lipinski definition) is 7. The maximum absolute atomic E-state index is 13.2. The molecule has 244 valence electrons. The minimum Gasteiger partial charge on any atom is -0.457 e. The van der Waals surface area contributed by atoms with E-state index in [9.17, 15) is 19.5 Å². The summed E-state index contributed by atoms with van der Waals surface area (Å²) < 4.78 is 17.4. The lowest BCUT2D eigenvalue weighted by Gasteiger charge is -2.26. The molecule has 8 nitrogen and oxygen atoms in total. The number of aliphatic hydroxyl groups excluding tert-OH is 1. The fourth-order valence-corrected chi connectivity index (χ4v) is 5.11. The molecular formula is C36H53NO7. The number of carbonyl (C=O) groups is 3. The molecule has 2 rings (SSSR count). The van der Waals surface area contributed by atoms with Gasteiger partial charge < -0.3 is 24.6 Å². The molecular weight excluding hydrogens is 558 g/mol. The number of fused-ring (bicyclic) bond motifs is 3. The second kappa shape index (κ2) is 18.5. The van der Waals surface area contributed by atoms with E-state index in [0.29, 0.717) is 30.5 Å². The largest absolute Gasteiger partial charge is 0.457 e. The molecule has 0 radical (unpaired) electrons. The topological polar surface area (TPSA) is 111 Å². The van der Waals surface area contributed by atoms with Crippen LogP contribution in [-0.2, 0) is 28.6 Å². The molecule has 0 aliphatic carbocycles. The van der Waals surface area contributed by atoms with Crippen molar-refractivity contribution in [2.45, 2.75) is 117 Å². The standard InChI is InChI=1S/C36H53NO7/c1-23(2)14-17-32-28(7)35(40)36(41)37-29-12-10-9-11-13-30(42-8)21-27(6)26(5)16-15-24(3)18-31(43-34(39)22-29)19-25(4)20-33(38)44-32/h14-17,19,22-23,28,30-32,35,40H,6,9-13,18,20-21H2,1-5,7-8H3,(H,37,41)/b17-14-,24-15-,25-19-,26-16+,29-22-. The Balaban J connectivity index is 2.55. The highest BCUT2D eigenvalue weighted by Crippen LogP contribution is 2.23. The van der Waals surface area contributed by atoms with Crippen LogP contribution in [0.2, 0.25) is 0 Å². The molecule has 0 spiro atoms. The summed E-state index contributed by atoms with van der Waals surface area (Å²) in [6.07, 6.45) is 12.6. The zero-order chi connectivity index (χ0) is 32.8. The summed E-state index contributed by atoms with van der Waals surface area (Å²) in [5.74, 6) is -2.33. The van der Waals surface area contributed by atoms with Gasteiger partial charge in [0, 0.05) is 31.2 Å². The quantitative estimate of drug-likeness (QED) is 0.274. The van der Waals surface area contributed by atoms with Crippen molar-refractivity contribution in [1.29, 1.82) is 0 Å². The van der Waals surface area contributed by atoms with Crippen molar-refractivity contribution in [1.82, 2.24) is 5.32 Å². The van der Waals surface area contributed by atoms with Crippen LogP contribution in [0.3, 0.4) is 0 Å². The van der Waals surface area contributed by atoms with E-state index in [1.165, 1.54) is 6.08 Å². The highest BCUT2D eigenvalue weighted by molar-refractivity contribution is 5.87. The lowest BCUT2D eigenvalue weighted by molar-refractivity contribution is -0.152. The van der Waals surface area contributed by atoms with Crippen LogP contribution in [0.4, 0.5) is 0 Å². The number of allylic oxidation sites excluding steroid dienone is 5. The SMILES string of the molecule is C=C1CC(OC)CCCCC/C2=C/C(=O)OC(/C=C(/C)CC(=O)OC(/C=C\C(C)C)C(C)C(O)C(=O)N2)C/C(C)=C\C=C\1C. The first-order valence-corrected chi connectivity index (χ1v) is 15.8. The number of methoxy groups -OCH3 is 1. The molecule has 0 aromatic rings. The van der Waals surface area contributed by atoms with Crippen LogP contribution < -0.4 is 5.32 Å². The maximum atomic E-state index is 13.2. The number of carbonyl (C=O) groups excluding carboxylic acids is 3. The number of nitrogens with one attached hydrogen (secondary N) is 1. The summed E-state index contributed by atoms with van der Waals surface area (Å²) in [5.41, 5.74) is 4.09. The highest BCUT2D eigenvalue weighted by Gasteiger charge is 2.31. The fourth-order valence-electron chi connectivity index (χ4n) is 5.11. The van der Waals surface area contributed by atoms with Crippen molar-refractivity contribution in [3.8, 4) is 0 Å². The molecule has 2 N–H and O–H groups in total. The summed E-state index contributed by atoms with van der Waals surface area (Å²) in [7, 11) is 1.72. The van der Waals surface area contributed by atoms with Gasteiger partial charge in [0.1, 0.15) is 18.3 Å². The number of esters is 2. The van der Waals surface area contributed by atoms with Crippen LogP contribution in [0, 0.1) is 11.8 Å². The first-order valence-electron chi connectivity index (χ1n) is 15.8. The van der Waals surface area contributed by atoms with Crippen LogP contribution >= 0.6 is 0 Å². The van der Waals surface area contributed by atoms with Crippen molar-refractivity contribution in [3.05, 3.63) is 71.0 Å². The molecule has 0 aromatic carbocycles. The van der Waals surface area contributed by atoms with Gasteiger partial charge in [-0.2, -0.15) is 0 Å². The Morgan fingerprint density at radius 1 is 1.05 bits per heavy atom. The second-order valence-electron chi connectivity index (χ2n) is 12.5. The van der Waals surface area contributed by atoms with Gasteiger partial charge in [0.2, 0.25) is 0 Å². The predicted octanol–water partition coefficient (Wildman–Crippen LogP) is 6.58. The third-order valence-electron chi connectivity index (χ3n) is 7.95. The van der Waals surface area contributed by atoms with E-state index in [1.807, 2.05) is 45.9 Å². The van der Waals surface area contributed by atoms with E-state index in [4.69, 9.17) is 14.2 Å². The molecule has 0 fully saturated rings. The normalized spacial score (nSPS) is 32.8. The van der Waals surface area contributed by atoms with Crippen LogP contribution in [-0.4, -0.2) is 54.5 Å². The van der Waals surface area contributed by atoms with E-state index in [2.05, 4.69) is 11.9 Å². The monoisotopic (exact) mass is 611 g/mol. The highest BCUT2D eigenvalue weighted by atomic mass is 16.5. The zero-order valence-corrected chi connectivity index (χ0v) is 27.7. The van der Waals surface area contributed by atoms with E-state index in [1.54, 1.807) is 33.1 Å². The van der Waals surface area contributed by atoms with Gasteiger partial charge in [-0.15, -0.1) is 0 Å². The molecule has 0 saturated heterocycles. The Hall–Kier alpha value is -3.23. The minimum atomic E-state index is -1.48. The van der Waals surface area contributed by atoms with Gasteiger partial charge in [0.15, 0.2) is 0 Å². The summed E-state index contributed by atoms with van der Waals surface area (Å²) in [6.45, 7) is 15.7. The number of amides is 1. The number of cyclic esters (lactones) is 1. The third-order valence-corrected chi connectivity index (χ3v) is 7.95. The summed E-state index contributed by atoms with van der Waals surface area (Å²) in [5, 5.41) is 13.8. The molecule has 2 aliphatic rings. The van der Waals surface area contributed by atoms with E-state index >= 15 is 0 Å². The minimum absolute atomic E-state index is 0.0293. The Morgan fingerprint density at radius 2 is 1.77 bits per heavy atom. The van der Waals surface area contributed by atoms with Crippen molar-refractivity contribution >= 4 is 17.8 Å². The smallest absolute Gasteiger partial charge is 0.333 e. The van der Waals surface area contributed by atoms with E-state index in [0.717, 1.165) is 42.4 Å². The Kier molecular flexibility index (Phi) is 15.6. The van der Waals surface area contributed by atoms with Crippen molar-refractivity contribution in [3.63, 3.8) is 0 Å². The Morgan fingerprint density at radius 3 is 2.45 bits per heavy atom. The van der Waals surface area contributed by atoms with Gasteiger partial charge in [-0.3, -0.25) is 9.59 Å². The molecule has 5 atom stereocenters. The van der Waals surface area contributed by atoms with Gasteiger partial charge in [-0.25, -0.2) is 4.79 Å². The second-order valence-corrected chi connectivity index (χ2v) is 12.5. The van der Waals surface area contributed by atoms with Gasteiger partial charge in [-0.05, 0) is 75.7 Å². The van der Waals surface area contributed by atoms with Gasteiger partial charge >= 0.3 is 11.9 Å². The summed E-state index contributed by atoms with van der Waals surface area (Å²) in [4.78, 5) is 39.4. The maximum Gasteiger partial charge on any atom is 0.333 e. The molecule has 5 unspecified atom stereocenters. The molecule has 2 aliphatic heterocycles. The first-order chi connectivity index (χ1) is 20.8. The van der Waals surface area contributed by atoms with Gasteiger partial charge in [0.25, 0.3) is 5.91 Å². The van der Waals surface area contributed by atoms with Crippen LogP contribution in [0.15, 0.2) is 71.0 Å². The van der Waals surface area contributed by atoms with Gasteiger partial charge in [-0.1, -0.05) is 69.6 Å². The van der Waals surface area contributed by atoms with Crippen LogP contribution in [0.5, 0.6) is 0 Å². The molecule has 2 heterocycles. The molecule has 1 amide bonds. The number of aliphatic hydroxyl groups is 1. The van der Waals surface area contributed by atoms with E-state index < -0.39 is 42.1 Å². The summed E-state index contributed by atoms with van der Waals surface area (Å²) >= 11 is 0. The molecule has 0 aromatic heterocycles. The predicted molar refractivity (Wildman–Crippen MR) is 173 cm³/mol. The lowest BCUT2D eigenvalue weighted by Crippen LogP contribution is -2.43. The molecule has 0 saturated carbocycles. The van der Waals surface area contributed by atoms with Gasteiger partial charge in [0.05, 0.1) is 12.5 Å². The average Bonchev–Trinajstić information content (AvgIpc) is 2.94. The third kappa shape index (κ3) is 13.2. The lowest BCUT2D eigenvalue weighted by atomic mass is 9.95. The first kappa shape index (κ1) is 37.0. The average molecular weight is 612 g/mol. The number of ether oxygens (including phenoxy) is 3. The molecule has 8 heteroatoms. The van der Waals surface area contributed by atoms with Crippen molar-refractivity contribution in [2.24, 2.45) is 11.8 Å². The summed E-state index contributed by atoms with van der Waals surface area (Å²) in [6, 6.07) is 0.